The second-order valence-corrected chi connectivity index (χ2v) is 8.37. The Bertz CT molecular complexity index is 717. The molecule has 0 bridgehead atoms. The number of aliphatic carboxylic acids is 1. The fraction of sp³-hybridized carbons (Fsp3) is 0.438. The summed E-state index contributed by atoms with van der Waals surface area (Å²) in [5.41, 5.74) is 3.13. The Morgan fingerprint density at radius 1 is 1.31 bits per heavy atom. The first kappa shape index (κ1) is 20.5. The van der Waals surface area contributed by atoms with Crippen molar-refractivity contribution >= 4 is 42.0 Å². The number of thioether (sulfide) groups is 1. The molecule has 0 aliphatic carbocycles. The molecule has 1 aromatic carbocycles. The average molecular weight is 401 g/mol. The molecule has 2 amide bonds. The van der Waals surface area contributed by atoms with Gasteiger partial charge in [-0.05, 0) is 19.4 Å². The van der Waals surface area contributed by atoms with Crippen LogP contribution in [-0.4, -0.2) is 50.0 Å². The third kappa shape index (κ3) is 3.27. The summed E-state index contributed by atoms with van der Waals surface area (Å²) in [6.45, 7) is 3.57. The van der Waals surface area contributed by atoms with Crippen molar-refractivity contribution in [3.63, 3.8) is 0 Å². The number of hydrogen-bond donors (Lipinski definition) is 4. The molecule has 4 atom stereocenters. The number of benzene rings is 1. The number of nitrogens with one attached hydrogen (secondary N) is 2. The number of carboxylic acid groups (broad SMARTS) is 1. The number of carboxylic acids is 1. The molecule has 1 aromatic rings. The van der Waals surface area contributed by atoms with Gasteiger partial charge in [-0.3, -0.25) is 15.4 Å². The summed E-state index contributed by atoms with van der Waals surface area (Å²) >= 11 is 1.38. The number of nitrogens with zero attached hydrogens (tertiary/aromatic N) is 1. The molecule has 2 saturated heterocycles. The van der Waals surface area contributed by atoms with Crippen molar-refractivity contribution in [1.29, 1.82) is 0 Å². The molecule has 0 radical (unpaired) electrons. The highest BCUT2D eigenvalue weighted by Crippen LogP contribution is 2.50. The molecule has 8 nitrogen and oxygen atoms in total. The maximum atomic E-state index is 12.5. The topological polar surface area (TPSA) is 125 Å². The molecule has 0 aromatic heterocycles. The molecule has 5 N–H and O–H groups in total. The number of rotatable bonds is 5. The maximum Gasteiger partial charge on any atom is 0.327 e. The summed E-state index contributed by atoms with van der Waals surface area (Å²) in [6, 6.07) is 6.47. The minimum Gasteiger partial charge on any atom is -0.480 e. The van der Waals surface area contributed by atoms with E-state index in [9.17, 15) is 19.5 Å². The molecule has 0 unspecified atom stereocenters. The summed E-state index contributed by atoms with van der Waals surface area (Å²) < 4.78 is -0.628. The quantitative estimate of drug-likeness (QED) is 0.317. The van der Waals surface area contributed by atoms with Crippen molar-refractivity contribution in [3.8, 4) is 0 Å². The van der Waals surface area contributed by atoms with E-state index >= 15 is 0 Å². The molecule has 142 valence electrons. The Kier molecular flexibility index (Phi) is 5.86. The summed E-state index contributed by atoms with van der Waals surface area (Å²) in [5.74, 6) is 3.65. The highest BCUT2D eigenvalue weighted by molar-refractivity contribution is 8.01. The van der Waals surface area contributed by atoms with Gasteiger partial charge in [-0.15, -0.1) is 24.2 Å². The average Bonchev–Trinajstić information content (AvgIpc) is 2.82. The molecule has 2 fully saturated rings. The summed E-state index contributed by atoms with van der Waals surface area (Å²) in [5, 5.41) is 11.7. The normalized spacial score (nSPS) is 27.0. The van der Waals surface area contributed by atoms with Crippen molar-refractivity contribution in [1.82, 2.24) is 15.6 Å². The fourth-order valence-corrected chi connectivity index (χ4v) is 4.98. The number of fused-ring (bicyclic) bond motifs is 1. The smallest absolute Gasteiger partial charge is 0.327 e. The van der Waals surface area contributed by atoms with Crippen LogP contribution in [0.25, 0.3) is 0 Å². The standard InChI is InChI=1S/C16H20N4O4S.ClH/c1-16(2)11(15(23)24)20-13(22)10(14(20)25-16)18-12(21)9(19-17)8-6-4-3-5-7-8;/h3-7,9-11,14,19H,17H2,1-2H3,(H,18,21)(H,23,24);1H/t9-,10-,11+,14-;/m1./s1. The van der Waals surface area contributed by atoms with Gasteiger partial charge >= 0.3 is 5.97 Å². The highest BCUT2D eigenvalue weighted by Gasteiger charge is 2.64. The predicted octanol–water partition coefficient (Wildman–Crippen LogP) is 0.245. The van der Waals surface area contributed by atoms with E-state index in [4.69, 9.17) is 5.84 Å². The Balaban J connectivity index is 0.00000243. The second-order valence-electron chi connectivity index (χ2n) is 6.59. The van der Waals surface area contributed by atoms with E-state index in [2.05, 4.69) is 10.7 Å². The first-order valence-electron chi connectivity index (χ1n) is 7.82. The van der Waals surface area contributed by atoms with Crippen molar-refractivity contribution in [3.05, 3.63) is 35.9 Å². The lowest BCUT2D eigenvalue weighted by molar-refractivity contribution is -0.161. The van der Waals surface area contributed by atoms with Gasteiger partial charge < -0.3 is 15.3 Å². The maximum absolute atomic E-state index is 12.5. The number of nitrogens with two attached hydrogens (primary N) is 1. The van der Waals surface area contributed by atoms with Gasteiger partial charge in [0, 0.05) is 4.75 Å². The Morgan fingerprint density at radius 3 is 2.46 bits per heavy atom. The van der Waals surface area contributed by atoms with Crippen LogP contribution < -0.4 is 16.6 Å². The molecular formula is C16H21ClN4O4S. The number of hydrogen-bond acceptors (Lipinski definition) is 6. The van der Waals surface area contributed by atoms with E-state index in [0.29, 0.717) is 5.56 Å². The van der Waals surface area contributed by atoms with Gasteiger partial charge in [0.15, 0.2) is 0 Å². The number of carbonyl (C=O) groups is 3. The third-order valence-electron chi connectivity index (χ3n) is 4.53. The monoisotopic (exact) mass is 400 g/mol. The molecule has 26 heavy (non-hydrogen) atoms. The zero-order chi connectivity index (χ0) is 18.4. The van der Waals surface area contributed by atoms with E-state index in [0.717, 1.165) is 0 Å². The van der Waals surface area contributed by atoms with Gasteiger partial charge in [-0.1, -0.05) is 30.3 Å². The predicted molar refractivity (Wildman–Crippen MR) is 99.4 cm³/mol. The zero-order valence-corrected chi connectivity index (χ0v) is 15.8. The van der Waals surface area contributed by atoms with E-state index in [1.807, 2.05) is 6.07 Å². The van der Waals surface area contributed by atoms with E-state index in [1.165, 1.54) is 16.7 Å². The van der Waals surface area contributed by atoms with Crippen LogP contribution in [0.2, 0.25) is 0 Å². The van der Waals surface area contributed by atoms with Crippen LogP contribution in [0.15, 0.2) is 30.3 Å². The minimum atomic E-state index is -1.04. The Hall–Kier alpha value is -1.81. The summed E-state index contributed by atoms with van der Waals surface area (Å²) in [6.07, 6.45) is 0. The lowest BCUT2D eigenvalue weighted by Gasteiger charge is -2.43. The second kappa shape index (κ2) is 7.43. The SMILES string of the molecule is CC1(C)S[C@@H]2[C@H](NC(=O)[C@H](NN)c3ccccc3)C(=O)N2[C@H]1C(=O)O.Cl. The number of carbonyl (C=O) groups excluding carboxylic acids is 2. The minimum absolute atomic E-state index is 0. The van der Waals surface area contributed by atoms with Crippen LogP contribution in [0.1, 0.15) is 25.5 Å². The number of β-lactam (4-membered cyclic amide) rings is 1. The van der Waals surface area contributed by atoms with E-state index in [1.54, 1.807) is 38.1 Å². The first-order valence-corrected chi connectivity index (χ1v) is 8.70. The van der Waals surface area contributed by atoms with Crippen LogP contribution in [0, 0.1) is 0 Å². The third-order valence-corrected chi connectivity index (χ3v) is 6.11. The molecule has 3 rings (SSSR count). The van der Waals surface area contributed by atoms with Crippen molar-refractivity contribution in [2.75, 3.05) is 0 Å². The number of amides is 2. The molecule has 0 spiro atoms. The molecule has 10 heteroatoms. The lowest BCUT2D eigenvalue weighted by atomic mass is 9.95. The van der Waals surface area contributed by atoms with E-state index in [-0.39, 0.29) is 23.7 Å². The summed E-state index contributed by atoms with van der Waals surface area (Å²) in [4.78, 5) is 37.8. The Labute approximate surface area is 161 Å². The van der Waals surface area contributed by atoms with Gasteiger partial charge in [0.25, 0.3) is 0 Å². The van der Waals surface area contributed by atoms with Gasteiger partial charge in [0.05, 0.1) is 0 Å². The van der Waals surface area contributed by atoms with Crippen LogP contribution in [-0.2, 0) is 14.4 Å². The van der Waals surface area contributed by atoms with E-state index < -0.39 is 34.7 Å². The summed E-state index contributed by atoms with van der Waals surface area (Å²) in [7, 11) is 0. The Morgan fingerprint density at radius 2 is 1.92 bits per heavy atom. The van der Waals surface area contributed by atoms with Gasteiger partial charge in [0.1, 0.15) is 23.5 Å². The van der Waals surface area contributed by atoms with Crippen LogP contribution in [0.5, 0.6) is 0 Å². The van der Waals surface area contributed by atoms with Crippen LogP contribution in [0.4, 0.5) is 0 Å². The molecule has 2 aliphatic heterocycles. The number of halogens is 1. The van der Waals surface area contributed by atoms with Crippen molar-refractivity contribution < 1.29 is 19.5 Å². The largest absolute Gasteiger partial charge is 0.480 e. The fourth-order valence-electron chi connectivity index (χ4n) is 3.35. The zero-order valence-electron chi connectivity index (χ0n) is 14.2. The van der Waals surface area contributed by atoms with Crippen molar-refractivity contribution in [2.45, 2.75) is 42.1 Å². The lowest BCUT2D eigenvalue weighted by Crippen LogP contribution is -2.71. The van der Waals surface area contributed by atoms with Gasteiger partial charge in [-0.25, -0.2) is 10.2 Å². The van der Waals surface area contributed by atoms with Crippen LogP contribution in [0.3, 0.4) is 0 Å². The first-order chi connectivity index (χ1) is 11.8. The van der Waals surface area contributed by atoms with Crippen molar-refractivity contribution in [2.24, 2.45) is 5.84 Å². The van der Waals surface area contributed by atoms with Gasteiger partial charge in [0.2, 0.25) is 11.8 Å². The molecular weight excluding hydrogens is 380 g/mol. The number of hydrazine groups is 1. The molecule has 2 heterocycles. The molecule has 0 saturated carbocycles. The molecule has 2 aliphatic rings. The van der Waals surface area contributed by atoms with Crippen LogP contribution >= 0.6 is 24.2 Å². The van der Waals surface area contributed by atoms with Gasteiger partial charge in [-0.2, -0.15) is 0 Å². The highest BCUT2D eigenvalue weighted by atomic mass is 35.5.